The van der Waals surface area contributed by atoms with Crippen molar-refractivity contribution in [2.75, 3.05) is 0 Å². The van der Waals surface area contributed by atoms with Gasteiger partial charge in [0.15, 0.2) is 0 Å². The molecule has 6 nitrogen and oxygen atoms in total. The number of amides is 1. The van der Waals surface area contributed by atoms with Gasteiger partial charge in [0.1, 0.15) is 17.9 Å². The number of hydrogen-bond donors (Lipinski definition) is 4. The first-order chi connectivity index (χ1) is 10.3. The van der Waals surface area contributed by atoms with Gasteiger partial charge in [0.25, 0.3) is 0 Å². The Morgan fingerprint density at radius 1 is 1.41 bits per heavy atom. The Hall–Kier alpha value is -1.99. The van der Waals surface area contributed by atoms with E-state index in [-0.39, 0.29) is 12.2 Å². The van der Waals surface area contributed by atoms with Crippen LogP contribution in [0.3, 0.4) is 0 Å². The second kappa shape index (κ2) is 8.45. The number of carbonyl (C=O) groups is 2. The Balaban J connectivity index is 2.51. The summed E-state index contributed by atoms with van der Waals surface area (Å²) in [5, 5.41) is 20.6. The molecule has 1 aromatic carbocycles. The number of aliphatic hydroxyl groups is 1. The maximum Gasteiger partial charge on any atom is 0.326 e. The van der Waals surface area contributed by atoms with Crippen LogP contribution < -0.4 is 11.1 Å². The third kappa shape index (κ3) is 5.79. The van der Waals surface area contributed by atoms with E-state index in [4.69, 9.17) is 10.8 Å². The van der Waals surface area contributed by atoms with E-state index in [1.165, 1.54) is 19.1 Å². The molecule has 0 aliphatic heterocycles. The van der Waals surface area contributed by atoms with E-state index in [0.29, 0.717) is 12.8 Å². The molecular formula is C15H21FN2O4. The largest absolute Gasteiger partial charge is 0.480 e. The first-order valence-corrected chi connectivity index (χ1v) is 7.02. The SMILES string of the molecule is C[C@H](O)[C@@H](N)C(=O)NC(CCCc1cccc(F)c1)C(=O)O. The van der Waals surface area contributed by atoms with E-state index in [2.05, 4.69) is 5.32 Å². The van der Waals surface area contributed by atoms with E-state index in [1.54, 1.807) is 12.1 Å². The van der Waals surface area contributed by atoms with Crippen molar-refractivity contribution in [3.63, 3.8) is 0 Å². The molecule has 3 atom stereocenters. The van der Waals surface area contributed by atoms with Gasteiger partial charge in [-0.2, -0.15) is 0 Å². The van der Waals surface area contributed by atoms with Gasteiger partial charge in [-0.25, -0.2) is 9.18 Å². The van der Waals surface area contributed by atoms with E-state index in [1.807, 2.05) is 0 Å². The highest BCUT2D eigenvalue weighted by atomic mass is 19.1. The van der Waals surface area contributed by atoms with Gasteiger partial charge in [-0.15, -0.1) is 0 Å². The van der Waals surface area contributed by atoms with Gasteiger partial charge in [-0.1, -0.05) is 12.1 Å². The quantitative estimate of drug-likeness (QED) is 0.556. The molecule has 0 bridgehead atoms. The van der Waals surface area contributed by atoms with Crippen molar-refractivity contribution < 1.29 is 24.2 Å². The maximum absolute atomic E-state index is 13.0. The van der Waals surface area contributed by atoms with Crippen molar-refractivity contribution in [3.05, 3.63) is 35.6 Å². The van der Waals surface area contributed by atoms with Crippen molar-refractivity contribution in [2.45, 2.75) is 44.4 Å². The normalized spacial score (nSPS) is 14.9. The van der Waals surface area contributed by atoms with Gasteiger partial charge in [-0.3, -0.25) is 4.79 Å². The van der Waals surface area contributed by atoms with Gasteiger partial charge in [-0.05, 0) is 43.9 Å². The zero-order chi connectivity index (χ0) is 16.7. The topological polar surface area (TPSA) is 113 Å². The summed E-state index contributed by atoms with van der Waals surface area (Å²) in [6.45, 7) is 1.35. The third-order valence-electron chi connectivity index (χ3n) is 3.28. The molecule has 1 unspecified atom stereocenters. The molecule has 0 radical (unpaired) electrons. The smallest absolute Gasteiger partial charge is 0.326 e. The highest BCUT2D eigenvalue weighted by molar-refractivity contribution is 5.87. The Morgan fingerprint density at radius 3 is 2.64 bits per heavy atom. The zero-order valence-corrected chi connectivity index (χ0v) is 12.3. The van der Waals surface area contributed by atoms with Gasteiger partial charge in [0.2, 0.25) is 5.91 Å². The molecule has 0 saturated carbocycles. The second-order valence-corrected chi connectivity index (χ2v) is 5.19. The molecule has 0 aliphatic carbocycles. The number of halogens is 1. The number of aryl methyl sites for hydroxylation is 1. The lowest BCUT2D eigenvalue weighted by molar-refractivity contribution is -0.142. The Morgan fingerprint density at radius 2 is 2.09 bits per heavy atom. The molecule has 7 heteroatoms. The van der Waals surface area contributed by atoms with Crippen molar-refractivity contribution in [3.8, 4) is 0 Å². The van der Waals surface area contributed by atoms with Crippen LogP contribution in [0.2, 0.25) is 0 Å². The maximum atomic E-state index is 13.0. The van der Waals surface area contributed by atoms with Crippen LogP contribution in [0, 0.1) is 5.82 Å². The number of nitrogens with one attached hydrogen (secondary N) is 1. The number of benzene rings is 1. The fraction of sp³-hybridized carbons (Fsp3) is 0.467. The van der Waals surface area contributed by atoms with Crippen molar-refractivity contribution >= 4 is 11.9 Å². The molecule has 1 rings (SSSR count). The number of aliphatic hydroxyl groups excluding tert-OH is 1. The number of nitrogens with two attached hydrogens (primary N) is 1. The standard InChI is InChI=1S/C15H21FN2O4/c1-9(19)13(17)14(20)18-12(15(21)22)7-3-5-10-4-2-6-11(16)8-10/h2,4,6,8-9,12-13,19H,3,5,7,17H2,1H3,(H,18,20)(H,21,22)/t9-,12?,13+/m0/s1. The number of rotatable bonds is 8. The molecule has 0 aromatic heterocycles. The molecule has 0 fully saturated rings. The van der Waals surface area contributed by atoms with E-state index in [9.17, 15) is 19.1 Å². The van der Waals surface area contributed by atoms with E-state index >= 15 is 0 Å². The van der Waals surface area contributed by atoms with E-state index < -0.39 is 30.1 Å². The summed E-state index contributed by atoms with van der Waals surface area (Å²) in [6.07, 6.45) is 0.0796. The lowest BCUT2D eigenvalue weighted by atomic mass is 10.0. The Labute approximate surface area is 128 Å². The fourth-order valence-corrected chi connectivity index (χ4v) is 1.95. The average molecular weight is 312 g/mol. The number of aliphatic carboxylic acids is 1. The number of carboxylic acids is 1. The minimum Gasteiger partial charge on any atom is -0.480 e. The molecule has 0 aliphatic rings. The van der Waals surface area contributed by atoms with Crippen molar-refractivity contribution in [2.24, 2.45) is 5.73 Å². The summed E-state index contributed by atoms with van der Waals surface area (Å²) in [7, 11) is 0. The minimum atomic E-state index is -1.18. The van der Waals surface area contributed by atoms with Gasteiger partial charge < -0.3 is 21.3 Å². The summed E-state index contributed by atoms with van der Waals surface area (Å²) in [4.78, 5) is 22.8. The summed E-state index contributed by atoms with van der Waals surface area (Å²) >= 11 is 0. The Kier molecular flexibility index (Phi) is 6.94. The second-order valence-electron chi connectivity index (χ2n) is 5.19. The van der Waals surface area contributed by atoms with Crippen LogP contribution in [-0.2, 0) is 16.0 Å². The van der Waals surface area contributed by atoms with Crippen LogP contribution in [0.1, 0.15) is 25.3 Å². The molecule has 5 N–H and O–H groups in total. The van der Waals surface area contributed by atoms with Crippen molar-refractivity contribution in [1.29, 1.82) is 0 Å². The van der Waals surface area contributed by atoms with Crippen molar-refractivity contribution in [1.82, 2.24) is 5.32 Å². The van der Waals surface area contributed by atoms with Gasteiger partial charge in [0, 0.05) is 0 Å². The molecule has 0 heterocycles. The van der Waals surface area contributed by atoms with Crippen LogP contribution >= 0.6 is 0 Å². The molecule has 22 heavy (non-hydrogen) atoms. The highest BCUT2D eigenvalue weighted by Gasteiger charge is 2.25. The van der Waals surface area contributed by atoms with Crippen LogP contribution in [0.5, 0.6) is 0 Å². The number of carbonyl (C=O) groups excluding carboxylic acids is 1. The van der Waals surface area contributed by atoms with Crippen LogP contribution in [-0.4, -0.2) is 40.3 Å². The molecule has 122 valence electrons. The molecule has 1 amide bonds. The summed E-state index contributed by atoms with van der Waals surface area (Å²) in [5.41, 5.74) is 6.21. The van der Waals surface area contributed by atoms with E-state index in [0.717, 1.165) is 5.56 Å². The first-order valence-electron chi connectivity index (χ1n) is 7.02. The van der Waals surface area contributed by atoms with Crippen LogP contribution in [0.15, 0.2) is 24.3 Å². The molecule has 0 saturated heterocycles. The minimum absolute atomic E-state index is 0.185. The average Bonchev–Trinajstić information content (AvgIpc) is 2.45. The molecular weight excluding hydrogens is 291 g/mol. The predicted molar refractivity (Wildman–Crippen MR) is 78.6 cm³/mol. The first kappa shape index (κ1) is 18.1. The zero-order valence-electron chi connectivity index (χ0n) is 12.3. The number of carboxylic acid groups (broad SMARTS) is 1. The summed E-state index contributed by atoms with van der Waals surface area (Å²) in [6, 6.07) is 3.79. The predicted octanol–water partition coefficient (Wildman–Crippen LogP) is 0.426. The molecule has 0 spiro atoms. The summed E-state index contributed by atoms with van der Waals surface area (Å²) < 4.78 is 13.0. The van der Waals surface area contributed by atoms with Gasteiger partial charge >= 0.3 is 5.97 Å². The fourth-order valence-electron chi connectivity index (χ4n) is 1.95. The Bertz CT molecular complexity index is 522. The molecule has 1 aromatic rings. The highest BCUT2D eigenvalue weighted by Crippen LogP contribution is 2.09. The summed E-state index contributed by atoms with van der Waals surface area (Å²) in [5.74, 6) is -2.23. The third-order valence-corrected chi connectivity index (χ3v) is 3.28. The monoisotopic (exact) mass is 312 g/mol. The number of hydrogen-bond acceptors (Lipinski definition) is 4. The lowest BCUT2D eigenvalue weighted by Crippen LogP contribution is -2.52. The van der Waals surface area contributed by atoms with Crippen LogP contribution in [0.4, 0.5) is 4.39 Å². The van der Waals surface area contributed by atoms with Crippen LogP contribution in [0.25, 0.3) is 0 Å². The van der Waals surface area contributed by atoms with Gasteiger partial charge in [0.05, 0.1) is 6.10 Å². The lowest BCUT2D eigenvalue weighted by Gasteiger charge is -2.19.